The molecule has 0 aliphatic carbocycles. The summed E-state index contributed by atoms with van der Waals surface area (Å²) >= 11 is 0. The van der Waals surface area contributed by atoms with Crippen LogP contribution in [0.4, 0.5) is 5.69 Å². The monoisotopic (exact) mass is 531 g/mol. The number of ether oxygens (including phenoxy) is 4. The Morgan fingerprint density at radius 2 is 1.79 bits per heavy atom. The quantitative estimate of drug-likeness (QED) is 0.294. The molecule has 204 valence electrons. The molecule has 1 aliphatic rings. The van der Waals surface area contributed by atoms with Gasteiger partial charge < -0.3 is 49.1 Å². The highest BCUT2D eigenvalue weighted by Crippen LogP contribution is 2.37. The zero-order valence-corrected chi connectivity index (χ0v) is 21.3. The third kappa shape index (κ3) is 4.86. The van der Waals surface area contributed by atoms with E-state index < -0.39 is 53.2 Å². The first kappa shape index (κ1) is 27.2. The first-order valence-corrected chi connectivity index (χ1v) is 11.6. The molecular formula is C26H29NO11. The number of phenolic OH excluding ortho intramolecular Hbond substituents is 1. The standard InChI is InChI=1S/C26H29NO11/c1-11-8-13(36-25-20(31)19(30)22(35-5)26(2,3)38-25)10-14-18(29)17(24(33)37-21(11)14)27-23(32)12-6-7-15(28)16(9-12)34-4/h6-10,19-20,22,25,28-31H,1-5H3,(H,27,32)/t19-,20-,22+,25-/m1/s1. The normalized spacial score (nSPS) is 22.7. The molecule has 12 nitrogen and oxygen atoms in total. The maximum atomic E-state index is 12.8. The number of fused-ring (bicyclic) bond motifs is 1. The number of methoxy groups -OCH3 is 2. The van der Waals surface area contributed by atoms with E-state index in [1.807, 2.05) is 0 Å². The Morgan fingerprint density at radius 3 is 2.45 bits per heavy atom. The summed E-state index contributed by atoms with van der Waals surface area (Å²) < 4.78 is 27.3. The molecule has 1 saturated heterocycles. The van der Waals surface area contributed by atoms with Crippen LogP contribution < -0.4 is 20.4 Å². The van der Waals surface area contributed by atoms with E-state index in [2.05, 4.69) is 5.32 Å². The second-order valence-corrected chi connectivity index (χ2v) is 9.42. The number of aliphatic hydroxyl groups excluding tert-OH is 2. The molecule has 3 aromatic rings. The number of aliphatic hydroxyl groups is 2. The van der Waals surface area contributed by atoms with Crippen LogP contribution >= 0.6 is 0 Å². The number of amides is 1. The lowest BCUT2D eigenvalue weighted by Crippen LogP contribution is -2.63. The summed E-state index contributed by atoms with van der Waals surface area (Å²) in [6, 6.07) is 6.67. The van der Waals surface area contributed by atoms with Crippen molar-refractivity contribution in [3.8, 4) is 23.0 Å². The van der Waals surface area contributed by atoms with E-state index in [9.17, 15) is 30.0 Å². The Hall–Kier alpha value is -3.84. The van der Waals surface area contributed by atoms with E-state index in [-0.39, 0.29) is 33.8 Å². The summed E-state index contributed by atoms with van der Waals surface area (Å²) in [4.78, 5) is 25.4. The van der Waals surface area contributed by atoms with Crippen LogP contribution in [-0.4, -0.2) is 70.8 Å². The number of carbonyl (C=O) groups is 1. The van der Waals surface area contributed by atoms with Crippen molar-refractivity contribution in [1.82, 2.24) is 0 Å². The maximum Gasteiger partial charge on any atom is 0.364 e. The van der Waals surface area contributed by atoms with Gasteiger partial charge in [-0.25, -0.2) is 4.79 Å². The van der Waals surface area contributed by atoms with E-state index >= 15 is 0 Å². The fraction of sp³-hybridized carbons (Fsp3) is 0.385. The second-order valence-electron chi connectivity index (χ2n) is 9.42. The van der Waals surface area contributed by atoms with Gasteiger partial charge in [-0.15, -0.1) is 0 Å². The number of rotatable bonds is 6. The number of aromatic hydroxyl groups is 2. The van der Waals surface area contributed by atoms with E-state index in [0.29, 0.717) is 5.56 Å². The van der Waals surface area contributed by atoms with Crippen molar-refractivity contribution >= 4 is 22.6 Å². The Morgan fingerprint density at radius 1 is 1.08 bits per heavy atom. The average Bonchev–Trinajstić information content (AvgIpc) is 2.86. The Kier molecular flexibility index (Phi) is 7.26. The predicted octanol–water partition coefficient (Wildman–Crippen LogP) is 2.02. The Labute approximate surface area is 216 Å². The summed E-state index contributed by atoms with van der Waals surface area (Å²) in [6.07, 6.45) is -4.86. The fourth-order valence-corrected chi connectivity index (χ4v) is 4.45. The lowest BCUT2D eigenvalue weighted by atomic mass is 9.89. The first-order chi connectivity index (χ1) is 17.9. The van der Waals surface area contributed by atoms with Crippen molar-refractivity contribution in [2.75, 3.05) is 19.5 Å². The molecule has 0 spiro atoms. The number of aryl methyl sites for hydroxylation is 1. The molecule has 2 aromatic carbocycles. The SMILES string of the molecule is COc1cc(C(=O)Nc2c(O)c3cc(O[C@@H]4OC(C)(C)[C@@H](OC)[C@H](O)[C@H]4O)cc(C)c3oc2=O)ccc1O. The van der Waals surface area contributed by atoms with E-state index in [1.165, 1.54) is 44.6 Å². The largest absolute Gasteiger partial charge is 0.505 e. The summed E-state index contributed by atoms with van der Waals surface area (Å²) in [6.45, 7) is 4.96. The molecule has 2 heterocycles. The van der Waals surface area contributed by atoms with Crippen LogP contribution in [0.25, 0.3) is 11.0 Å². The highest BCUT2D eigenvalue weighted by atomic mass is 16.7. The van der Waals surface area contributed by atoms with Gasteiger partial charge in [0.05, 0.1) is 18.1 Å². The van der Waals surface area contributed by atoms with Gasteiger partial charge in [0.1, 0.15) is 29.6 Å². The highest BCUT2D eigenvalue weighted by Gasteiger charge is 2.50. The van der Waals surface area contributed by atoms with Crippen molar-refractivity contribution in [3.63, 3.8) is 0 Å². The summed E-state index contributed by atoms with van der Waals surface area (Å²) in [5.74, 6) is -1.35. The Balaban J connectivity index is 1.68. The van der Waals surface area contributed by atoms with Crippen LogP contribution in [0.1, 0.15) is 29.8 Å². The molecule has 1 aromatic heterocycles. The van der Waals surface area contributed by atoms with Gasteiger partial charge in [0.15, 0.2) is 22.9 Å². The van der Waals surface area contributed by atoms with Gasteiger partial charge in [0, 0.05) is 12.7 Å². The number of anilines is 1. The van der Waals surface area contributed by atoms with Gasteiger partial charge in [0.2, 0.25) is 6.29 Å². The number of nitrogens with one attached hydrogen (secondary N) is 1. The molecule has 38 heavy (non-hydrogen) atoms. The molecule has 0 bridgehead atoms. The molecule has 1 amide bonds. The molecular weight excluding hydrogens is 502 g/mol. The van der Waals surface area contributed by atoms with Gasteiger partial charge in [-0.3, -0.25) is 4.79 Å². The van der Waals surface area contributed by atoms with Crippen molar-refractivity contribution in [2.45, 2.75) is 51.0 Å². The van der Waals surface area contributed by atoms with Crippen molar-refractivity contribution in [3.05, 3.63) is 51.9 Å². The first-order valence-electron chi connectivity index (χ1n) is 11.6. The van der Waals surface area contributed by atoms with Crippen LogP contribution in [0, 0.1) is 6.92 Å². The average molecular weight is 532 g/mol. The molecule has 4 rings (SSSR count). The number of hydrogen-bond donors (Lipinski definition) is 5. The minimum absolute atomic E-state index is 0.0399. The van der Waals surface area contributed by atoms with Gasteiger partial charge in [-0.05, 0) is 56.7 Å². The van der Waals surface area contributed by atoms with Crippen LogP contribution in [0.15, 0.2) is 39.5 Å². The van der Waals surface area contributed by atoms with Crippen LogP contribution in [0.5, 0.6) is 23.0 Å². The number of carbonyl (C=O) groups excluding carboxylic acids is 1. The second kappa shape index (κ2) is 10.1. The molecule has 5 N–H and O–H groups in total. The molecule has 0 radical (unpaired) electrons. The van der Waals surface area contributed by atoms with Crippen LogP contribution in [0.3, 0.4) is 0 Å². The summed E-state index contributed by atoms with van der Waals surface area (Å²) in [7, 11) is 2.71. The maximum absolute atomic E-state index is 12.8. The van der Waals surface area contributed by atoms with Gasteiger partial charge in [-0.2, -0.15) is 0 Å². The summed E-state index contributed by atoms with van der Waals surface area (Å²) in [5, 5.41) is 44.1. The smallest absolute Gasteiger partial charge is 0.364 e. The summed E-state index contributed by atoms with van der Waals surface area (Å²) in [5.41, 5.74) is -2.01. The third-order valence-corrected chi connectivity index (χ3v) is 6.37. The predicted molar refractivity (Wildman–Crippen MR) is 134 cm³/mol. The molecule has 1 fully saturated rings. The topological polar surface area (TPSA) is 177 Å². The third-order valence-electron chi connectivity index (χ3n) is 6.37. The van der Waals surface area contributed by atoms with Gasteiger partial charge >= 0.3 is 5.63 Å². The van der Waals surface area contributed by atoms with E-state index in [4.69, 9.17) is 23.4 Å². The van der Waals surface area contributed by atoms with Crippen LogP contribution in [0.2, 0.25) is 0 Å². The number of hydrogen-bond acceptors (Lipinski definition) is 11. The van der Waals surface area contributed by atoms with Gasteiger partial charge in [0.25, 0.3) is 5.91 Å². The highest BCUT2D eigenvalue weighted by molar-refractivity contribution is 6.06. The lowest BCUT2D eigenvalue weighted by molar-refractivity contribution is -0.305. The molecule has 4 atom stereocenters. The fourth-order valence-electron chi connectivity index (χ4n) is 4.45. The van der Waals surface area contributed by atoms with E-state index in [1.54, 1.807) is 20.8 Å². The zero-order chi connectivity index (χ0) is 27.9. The number of phenols is 1. The molecule has 12 heteroatoms. The van der Waals surface area contributed by atoms with Crippen LogP contribution in [-0.2, 0) is 9.47 Å². The molecule has 0 saturated carbocycles. The minimum Gasteiger partial charge on any atom is -0.505 e. The van der Waals surface area contributed by atoms with Crippen molar-refractivity contribution < 1.29 is 48.6 Å². The lowest BCUT2D eigenvalue weighted by Gasteiger charge is -2.46. The minimum atomic E-state index is -1.46. The van der Waals surface area contributed by atoms with E-state index in [0.717, 1.165) is 0 Å². The van der Waals surface area contributed by atoms with Crippen molar-refractivity contribution in [2.24, 2.45) is 0 Å². The van der Waals surface area contributed by atoms with Crippen molar-refractivity contribution in [1.29, 1.82) is 0 Å². The molecule has 0 unspecified atom stereocenters. The number of benzene rings is 2. The zero-order valence-electron chi connectivity index (χ0n) is 21.3. The molecule has 1 aliphatic heterocycles. The Bertz CT molecular complexity index is 1430. The van der Waals surface area contributed by atoms with Gasteiger partial charge in [-0.1, -0.05) is 0 Å².